The van der Waals surface area contributed by atoms with Crippen LogP contribution >= 0.6 is 0 Å². The van der Waals surface area contributed by atoms with Crippen LogP contribution in [0.5, 0.6) is 0 Å². The van der Waals surface area contributed by atoms with Gasteiger partial charge < -0.3 is 11.8 Å². The van der Waals surface area contributed by atoms with E-state index in [-0.39, 0.29) is 19.8 Å². The third kappa shape index (κ3) is 12.4. The molecule has 0 unspecified atom stereocenters. The average Bonchev–Trinajstić information content (AvgIpc) is 2.37. The van der Waals surface area contributed by atoms with Gasteiger partial charge >= 0.3 is 0 Å². The van der Waals surface area contributed by atoms with E-state index in [4.69, 9.17) is 11.8 Å². The molecule has 2 heterocycles. The summed E-state index contributed by atoms with van der Waals surface area (Å²) in [5, 5.41) is 6.25. The SMILES string of the molecule is [C-]#N.[Ga].c1ccncc1.c1ccncc1. The van der Waals surface area contributed by atoms with Crippen LogP contribution in [-0.2, 0) is 0 Å². The molecule has 15 heavy (non-hydrogen) atoms. The van der Waals surface area contributed by atoms with E-state index in [1.54, 1.807) is 24.8 Å². The molecular weight excluding hydrogens is 244 g/mol. The Morgan fingerprint density at radius 3 is 0.933 bits per heavy atom. The van der Waals surface area contributed by atoms with Gasteiger partial charge in [-0.3, -0.25) is 9.97 Å². The Bertz CT molecular complexity index is 225. The van der Waals surface area contributed by atoms with Crippen LogP contribution in [0.25, 0.3) is 0 Å². The summed E-state index contributed by atoms with van der Waals surface area (Å²) in [6.07, 6.45) is 7.00. The van der Waals surface area contributed by atoms with Crippen LogP contribution in [0.1, 0.15) is 0 Å². The van der Waals surface area contributed by atoms with E-state index in [9.17, 15) is 0 Å². The molecule has 4 heteroatoms. The molecule has 2 rings (SSSR count). The largest absolute Gasteiger partial charge is 0.512 e. The van der Waals surface area contributed by atoms with Gasteiger partial charge in [-0.05, 0) is 24.3 Å². The van der Waals surface area contributed by atoms with Crippen LogP contribution in [0.3, 0.4) is 0 Å². The quantitative estimate of drug-likeness (QED) is 0.532. The first-order chi connectivity index (χ1) is 7.00. The maximum Gasteiger partial charge on any atom is 0.0267 e. The standard InChI is InChI=1S/2C5H5N.CN.Ga/c2*1-2-4-6-5-3-1;1-2;/h2*1-5H;;/q;;-1;. The molecule has 0 fully saturated rings. The molecule has 0 atom stereocenters. The number of rotatable bonds is 0. The summed E-state index contributed by atoms with van der Waals surface area (Å²) in [6.45, 7) is 4.75. The zero-order chi connectivity index (χ0) is 10.5. The van der Waals surface area contributed by atoms with Gasteiger partial charge in [0.05, 0.1) is 0 Å². The van der Waals surface area contributed by atoms with Gasteiger partial charge in [0.25, 0.3) is 0 Å². The number of hydrogen-bond donors (Lipinski definition) is 0. The smallest absolute Gasteiger partial charge is 0.0267 e. The molecule has 0 saturated heterocycles. The summed E-state index contributed by atoms with van der Waals surface area (Å²) in [6, 6.07) is 11.4. The Balaban J connectivity index is 0. The van der Waals surface area contributed by atoms with Crippen molar-refractivity contribution in [3.05, 3.63) is 67.8 Å². The Labute approximate surface area is 103 Å². The Morgan fingerprint density at radius 1 is 0.600 bits per heavy atom. The Kier molecular flexibility index (Phi) is 15.8. The molecular formula is C11H10GaN3-. The van der Waals surface area contributed by atoms with Crippen molar-refractivity contribution in [3.8, 4) is 0 Å². The molecule has 3 nitrogen and oxygen atoms in total. The van der Waals surface area contributed by atoms with Crippen molar-refractivity contribution in [2.24, 2.45) is 0 Å². The zero-order valence-electron chi connectivity index (χ0n) is 8.19. The van der Waals surface area contributed by atoms with E-state index in [1.807, 2.05) is 36.4 Å². The molecule has 0 aliphatic rings. The average molecular weight is 254 g/mol. The minimum atomic E-state index is 0. The minimum absolute atomic E-state index is 0. The Hall–Kier alpha value is -1.57. The molecule has 0 aromatic carbocycles. The van der Waals surface area contributed by atoms with Crippen LogP contribution < -0.4 is 0 Å². The van der Waals surface area contributed by atoms with Crippen LogP contribution in [0.4, 0.5) is 0 Å². The van der Waals surface area contributed by atoms with E-state index in [2.05, 4.69) is 9.97 Å². The third-order valence-corrected chi connectivity index (χ3v) is 1.13. The van der Waals surface area contributed by atoms with Gasteiger partial charge in [0.15, 0.2) is 0 Å². The van der Waals surface area contributed by atoms with Crippen molar-refractivity contribution >= 4 is 19.8 Å². The maximum absolute atomic E-state index is 6.25. The second-order valence-corrected chi connectivity index (χ2v) is 2.05. The van der Waals surface area contributed by atoms with Gasteiger partial charge in [0.2, 0.25) is 0 Å². The van der Waals surface area contributed by atoms with Gasteiger partial charge in [-0.15, -0.1) is 0 Å². The predicted octanol–water partition coefficient (Wildman–Crippen LogP) is 1.88. The van der Waals surface area contributed by atoms with Crippen molar-refractivity contribution in [1.29, 1.82) is 5.26 Å². The van der Waals surface area contributed by atoms with Gasteiger partial charge in [-0.1, -0.05) is 12.1 Å². The van der Waals surface area contributed by atoms with Crippen LogP contribution in [0, 0.1) is 11.8 Å². The van der Waals surface area contributed by atoms with Crippen LogP contribution in [0.15, 0.2) is 61.2 Å². The number of hydrogen-bond acceptors (Lipinski definition) is 3. The fraction of sp³-hybridized carbons (Fsp3) is 0. The molecule has 0 aliphatic carbocycles. The minimum Gasteiger partial charge on any atom is -0.512 e. The molecule has 2 aromatic heterocycles. The van der Waals surface area contributed by atoms with E-state index in [0.717, 1.165) is 0 Å². The molecule has 73 valence electrons. The number of aromatic nitrogens is 2. The number of nitrogens with zero attached hydrogens (tertiary/aromatic N) is 3. The summed E-state index contributed by atoms with van der Waals surface area (Å²) < 4.78 is 0. The molecule has 0 bridgehead atoms. The first-order valence-electron chi connectivity index (χ1n) is 3.92. The molecule has 0 aliphatic heterocycles. The maximum atomic E-state index is 6.25. The number of pyridine rings is 2. The summed E-state index contributed by atoms with van der Waals surface area (Å²) in [7, 11) is 0. The van der Waals surface area contributed by atoms with Gasteiger partial charge in [-0.25, -0.2) is 0 Å². The van der Waals surface area contributed by atoms with E-state index in [0.29, 0.717) is 0 Å². The van der Waals surface area contributed by atoms with Gasteiger partial charge in [0.1, 0.15) is 0 Å². The van der Waals surface area contributed by atoms with Crippen molar-refractivity contribution in [1.82, 2.24) is 9.97 Å². The Morgan fingerprint density at radius 2 is 0.867 bits per heavy atom. The molecule has 2 aromatic rings. The first kappa shape index (κ1) is 15.9. The van der Waals surface area contributed by atoms with Crippen LogP contribution in [0.2, 0.25) is 0 Å². The molecule has 0 amide bonds. The summed E-state index contributed by atoms with van der Waals surface area (Å²) in [4.78, 5) is 7.57. The predicted molar refractivity (Wildman–Crippen MR) is 59.2 cm³/mol. The molecule has 0 N–H and O–H groups in total. The van der Waals surface area contributed by atoms with Gasteiger partial charge in [-0.2, -0.15) is 0 Å². The van der Waals surface area contributed by atoms with E-state index >= 15 is 0 Å². The summed E-state index contributed by atoms with van der Waals surface area (Å²) in [5.41, 5.74) is 0. The fourth-order valence-corrected chi connectivity index (χ4v) is 0.625. The fourth-order valence-electron chi connectivity index (χ4n) is 0.625. The first-order valence-corrected chi connectivity index (χ1v) is 3.92. The topological polar surface area (TPSA) is 49.6 Å². The van der Waals surface area contributed by atoms with Crippen LogP contribution in [-0.4, -0.2) is 29.8 Å². The van der Waals surface area contributed by atoms with Gasteiger partial charge in [0, 0.05) is 44.6 Å². The normalized spacial score (nSPS) is 6.53. The molecule has 0 spiro atoms. The molecule has 3 radical (unpaired) electrons. The third-order valence-electron chi connectivity index (χ3n) is 1.13. The second-order valence-electron chi connectivity index (χ2n) is 2.05. The second kappa shape index (κ2) is 14.9. The van der Waals surface area contributed by atoms with Crippen molar-refractivity contribution in [3.63, 3.8) is 0 Å². The van der Waals surface area contributed by atoms with Crippen molar-refractivity contribution in [2.45, 2.75) is 0 Å². The van der Waals surface area contributed by atoms with Crippen molar-refractivity contribution in [2.75, 3.05) is 0 Å². The summed E-state index contributed by atoms with van der Waals surface area (Å²) >= 11 is 0. The van der Waals surface area contributed by atoms with E-state index in [1.165, 1.54) is 0 Å². The molecule has 0 saturated carbocycles. The van der Waals surface area contributed by atoms with Crippen molar-refractivity contribution < 1.29 is 0 Å². The summed E-state index contributed by atoms with van der Waals surface area (Å²) in [5.74, 6) is 0. The zero-order valence-corrected chi connectivity index (χ0v) is 10.6. The van der Waals surface area contributed by atoms with E-state index < -0.39 is 0 Å². The monoisotopic (exact) mass is 253 g/mol.